The van der Waals surface area contributed by atoms with Crippen LogP contribution in [-0.4, -0.2) is 19.4 Å². The molecule has 0 aliphatic heterocycles. The van der Waals surface area contributed by atoms with Gasteiger partial charge >= 0.3 is 0 Å². The molecule has 1 aromatic carbocycles. The van der Waals surface area contributed by atoms with E-state index in [1.807, 2.05) is 37.3 Å². The number of hydrogen-bond donors (Lipinski definition) is 1. The highest BCUT2D eigenvalue weighted by Crippen LogP contribution is 2.08. The van der Waals surface area contributed by atoms with Crippen molar-refractivity contribution < 1.29 is 9.47 Å². The van der Waals surface area contributed by atoms with Gasteiger partial charge in [0.15, 0.2) is 0 Å². The first-order chi connectivity index (χ1) is 6.83. The lowest BCUT2D eigenvalue weighted by molar-refractivity contribution is 0.0513. The zero-order valence-corrected chi connectivity index (χ0v) is 8.48. The SMILES string of the molecule is CCOC(N)CCOc1ccccc1. The van der Waals surface area contributed by atoms with Gasteiger partial charge in [0.05, 0.1) is 6.61 Å². The first-order valence-electron chi connectivity index (χ1n) is 4.88. The Hall–Kier alpha value is -1.06. The maximum absolute atomic E-state index is 5.65. The Morgan fingerprint density at radius 2 is 2.00 bits per heavy atom. The van der Waals surface area contributed by atoms with Gasteiger partial charge in [-0.15, -0.1) is 0 Å². The Bertz CT molecular complexity index is 238. The second kappa shape index (κ2) is 6.40. The summed E-state index contributed by atoms with van der Waals surface area (Å²) in [5.74, 6) is 0.871. The van der Waals surface area contributed by atoms with E-state index >= 15 is 0 Å². The van der Waals surface area contributed by atoms with Gasteiger partial charge < -0.3 is 15.2 Å². The number of nitrogens with two attached hydrogens (primary N) is 1. The molecular formula is C11H17NO2. The lowest BCUT2D eigenvalue weighted by Gasteiger charge is -2.11. The summed E-state index contributed by atoms with van der Waals surface area (Å²) in [6.07, 6.45) is 0.492. The monoisotopic (exact) mass is 195 g/mol. The summed E-state index contributed by atoms with van der Waals surface area (Å²) >= 11 is 0. The van der Waals surface area contributed by atoms with Crippen molar-refractivity contribution in [2.45, 2.75) is 19.6 Å². The molecule has 3 heteroatoms. The second-order valence-electron chi connectivity index (χ2n) is 2.94. The van der Waals surface area contributed by atoms with Crippen molar-refractivity contribution in [2.24, 2.45) is 5.73 Å². The fraction of sp³-hybridized carbons (Fsp3) is 0.455. The van der Waals surface area contributed by atoms with Crippen LogP contribution in [0.1, 0.15) is 13.3 Å². The predicted octanol–water partition coefficient (Wildman–Crippen LogP) is 1.78. The Labute approximate surface area is 84.8 Å². The van der Waals surface area contributed by atoms with Crippen LogP contribution in [0.5, 0.6) is 5.75 Å². The largest absolute Gasteiger partial charge is 0.493 e. The Morgan fingerprint density at radius 1 is 1.29 bits per heavy atom. The zero-order valence-electron chi connectivity index (χ0n) is 8.48. The maximum Gasteiger partial charge on any atom is 0.119 e. The van der Waals surface area contributed by atoms with Gasteiger partial charge in [-0.05, 0) is 19.1 Å². The Balaban J connectivity index is 2.16. The lowest BCUT2D eigenvalue weighted by Crippen LogP contribution is -2.25. The van der Waals surface area contributed by atoms with E-state index in [0.717, 1.165) is 5.75 Å². The van der Waals surface area contributed by atoms with Crippen LogP contribution in [0.3, 0.4) is 0 Å². The highest BCUT2D eigenvalue weighted by atomic mass is 16.5. The number of ether oxygens (including phenoxy) is 2. The van der Waals surface area contributed by atoms with Crippen LogP contribution in [0, 0.1) is 0 Å². The van der Waals surface area contributed by atoms with Crippen molar-refractivity contribution in [1.82, 2.24) is 0 Å². The molecule has 1 atom stereocenters. The molecule has 3 nitrogen and oxygen atoms in total. The average Bonchev–Trinajstić information content (AvgIpc) is 2.20. The third-order valence-electron chi connectivity index (χ3n) is 1.80. The number of hydrogen-bond acceptors (Lipinski definition) is 3. The normalized spacial score (nSPS) is 12.4. The molecule has 14 heavy (non-hydrogen) atoms. The molecular weight excluding hydrogens is 178 g/mol. The molecule has 2 N–H and O–H groups in total. The van der Waals surface area contributed by atoms with E-state index in [4.69, 9.17) is 15.2 Å². The molecule has 0 spiro atoms. The topological polar surface area (TPSA) is 44.5 Å². The quantitative estimate of drug-likeness (QED) is 0.704. The number of benzene rings is 1. The molecule has 0 fully saturated rings. The summed E-state index contributed by atoms with van der Waals surface area (Å²) in [6, 6.07) is 9.69. The van der Waals surface area contributed by atoms with Crippen LogP contribution in [0.15, 0.2) is 30.3 Å². The predicted molar refractivity (Wildman–Crippen MR) is 56.2 cm³/mol. The molecule has 1 aromatic rings. The van der Waals surface area contributed by atoms with E-state index in [9.17, 15) is 0 Å². The standard InChI is InChI=1S/C11H17NO2/c1-2-13-11(12)8-9-14-10-6-4-3-5-7-10/h3-7,11H,2,8-9,12H2,1H3. The smallest absolute Gasteiger partial charge is 0.119 e. The fourth-order valence-electron chi connectivity index (χ4n) is 1.11. The zero-order chi connectivity index (χ0) is 10.2. The molecule has 0 heterocycles. The molecule has 1 unspecified atom stereocenters. The molecule has 0 amide bonds. The van der Waals surface area contributed by atoms with E-state index in [1.54, 1.807) is 0 Å². The minimum absolute atomic E-state index is 0.219. The van der Waals surface area contributed by atoms with Crippen molar-refractivity contribution in [3.05, 3.63) is 30.3 Å². The minimum atomic E-state index is -0.219. The van der Waals surface area contributed by atoms with Crippen molar-refractivity contribution in [1.29, 1.82) is 0 Å². The van der Waals surface area contributed by atoms with Crippen molar-refractivity contribution in [3.63, 3.8) is 0 Å². The third kappa shape index (κ3) is 4.25. The summed E-state index contributed by atoms with van der Waals surface area (Å²) in [7, 11) is 0. The van der Waals surface area contributed by atoms with Crippen LogP contribution in [0.4, 0.5) is 0 Å². The molecule has 0 saturated heterocycles. The van der Waals surface area contributed by atoms with Crippen molar-refractivity contribution in [2.75, 3.05) is 13.2 Å². The number of rotatable bonds is 6. The van der Waals surface area contributed by atoms with Crippen LogP contribution in [0.25, 0.3) is 0 Å². The van der Waals surface area contributed by atoms with Gasteiger partial charge in [0, 0.05) is 13.0 Å². The summed E-state index contributed by atoms with van der Waals surface area (Å²) in [5, 5.41) is 0. The van der Waals surface area contributed by atoms with E-state index < -0.39 is 0 Å². The van der Waals surface area contributed by atoms with Gasteiger partial charge in [-0.2, -0.15) is 0 Å². The Kier molecular flexibility index (Phi) is 5.04. The van der Waals surface area contributed by atoms with E-state index in [0.29, 0.717) is 19.6 Å². The fourth-order valence-corrected chi connectivity index (χ4v) is 1.11. The van der Waals surface area contributed by atoms with Gasteiger partial charge in [-0.25, -0.2) is 0 Å². The van der Waals surface area contributed by atoms with Gasteiger partial charge in [0.1, 0.15) is 12.0 Å². The molecule has 1 rings (SSSR count). The van der Waals surface area contributed by atoms with Crippen LogP contribution < -0.4 is 10.5 Å². The van der Waals surface area contributed by atoms with Gasteiger partial charge in [-0.1, -0.05) is 18.2 Å². The van der Waals surface area contributed by atoms with Crippen LogP contribution >= 0.6 is 0 Å². The summed E-state index contributed by atoms with van der Waals surface area (Å²) in [5.41, 5.74) is 5.65. The lowest BCUT2D eigenvalue weighted by atomic mass is 10.3. The van der Waals surface area contributed by atoms with Gasteiger partial charge in [0.2, 0.25) is 0 Å². The summed E-state index contributed by atoms with van der Waals surface area (Å²) < 4.78 is 10.6. The molecule has 0 aliphatic rings. The van der Waals surface area contributed by atoms with Crippen LogP contribution in [0.2, 0.25) is 0 Å². The molecule has 0 aliphatic carbocycles. The highest BCUT2D eigenvalue weighted by Gasteiger charge is 2.00. The first-order valence-corrected chi connectivity index (χ1v) is 4.88. The minimum Gasteiger partial charge on any atom is -0.493 e. The molecule has 0 saturated carbocycles. The first kappa shape index (κ1) is 11.0. The summed E-state index contributed by atoms with van der Waals surface area (Å²) in [6.45, 7) is 3.16. The van der Waals surface area contributed by atoms with E-state index in [2.05, 4.69) is 0 Å². The molecule has 0 aromatic heterocycles. The van der Waals surface area contributed by atoms with E-state index in [-0.39, 0.29) is 6.23 Å². The Morgan fingerprint density at radius 3 is 2.64 bits per heavy atom. The van der Waals surface area contributed by atoms with E-state index in [1.165, 1.54) is 0 Å². The molecule has 0 radical (unpaired) electrons. The average molecular weight is 195 g/mol. The van der Waals surface area contributed by atoms with Crippen molar-refractivity contribution in [3.8, 4) is 5.75 Å². The van der Waals surface area contributed by atoms with Crippen LogP contribution in [-0.2, 0) is 4.74 Å². The number of para-hydroxylation sites is 1. The maximum atomic E-state index is 5.65. The van der Waals surface area contributed by atoms with Gasteiger partial charge in [-0.3, -0.25) is 0 Å². The highest BCUT2D eigenvalue weighted by molar-refractivity contribution is 5.20. The third-order valence-corrected chi connectivity index (χ3v) is 1.80. The molecule has 0 bridgehead atoms. The van der Waals surface area contributed by atoms with Gasteiger partial charge in [0.25, 0.3) is 0 Å². The second-order valence-corrected chi connectivity index (χ2v) is 2.94. The van der Waals surface area contributed by atoms with Crippen molar-refractivity contribution >= 4 is 0 Å². The molecule has 78 valence electrons. The summed E-state index contributed by atoms with van der Waals surface area (Å²) in [4.78, 5) is 0.